The summed E-state index contributed by atoms with van der Waals surface area (Å²) in [6.45, 7) is 1.70. The second-order valence-corrected chi connectivity index (χ2v) is 6.08. The highest BCUT2D eigenvalue weighted by Gasteiger charge is 2.15. The molecule has 0 N–H and O–H groups in total. The van der Waals surface area contributed by atoms with Crippen LogP contribution in [0.1, 0.15) is 19.3 Å². The molecule has 1 fully saturated rings. The van der Waals surface area contributed by atoms with E-state index in [1.165, 1.54) is 12.8 Å². The summed E-state index contributed by atoms with van der Waals surface area (Å²) in [5.41, 5.74) is 3.97. The number of ether oxygens (including phenoxy) is 1. The second kappa shape index (κ2) is 6.93. The molecule has 1 aliphatic heterocycles. The maximum Gasteiger partial charge on any atom is 0.0923 e. The molecule has 1 saturated heterocycles. The van der Waals surface area contributed by atoms with Gasteiger partial charge in [0.2, 0.25) is 0 Å². The van der Waals surface area contributed by atoms with E-state index in [2.05, 4.69) is 28.2 Å². The largest absolute Gasteiger partial charge is 0.376 e. The molecule has 5 heteroatoms. The van der Waals surface area contributed by atoms with E-state index in [0.717, 1.165) is 42.1 Å². The summed E-state index contributed by atoms with van der Waals surface area (Å²) in [7, 11) is 0. The average molecular weight is 320 g/mol. The number of nitrogens with zero attached hydrogens (tertiary/aromatic N) is 4. The second-order valence-electron chi connectivity index (χ2n) is 6.08. The van der Waals surface area contributed by atoms with Gasteiger partial charge in [0.25, 0.3) is 0 Å². The smallest absolute Gasteiger partial charge is 0.0923 e. The van der Waals surface area contributed by atoms with Crippen LogP contribution in [0.25, 0.3) is 22.5 Å². The molecule has 4 rings (SSSR count). The van der Waals surface area contributed by atoms with Crippen LogP contribution in [0.2, 0.25) is 0 Å². The summed E-state index contributed by atoms with van der Waals surface area (Å²) in [4.78, 5) is 8.50. The van der Waals surface area contributed by atoms with Gasteiger partial charge in [0.05, 0.1) is 30.2 Å². The van der Waals surface area contributed by atoms with E-state index in [1.54, 1.807) is 18.6 Å². The summed E-state index contributed by atoms with van der Waals surface area (Å²) < 4.78 is 7.78. The summed E-state index contributed by atoms with van der Waals surface area (Å²) >= 11 is 0. The van der Waals surface area contributed by atoms with Crippen LogP contribution >= 0.6 is 0 Å². The Kier molecular flexibility index (Phi) is 4.34. The molecule has 0 radical (unpaired) electrons. The van der Waals surface area contributed by atoms with Crippen molar-refractivity contribution in [3.8, 4) is 22.5 Å². The lowest BCUT2D eigenvalue weighted by molar-refractivity contribution is 0.00403. The third-order valence-electron chi connectivity index (χ3n) is 4.32. The maximum absolute atomic E-state index is 5.80. The minimum Gasteiger partial charge on any atom is -0.376 e. The van der Waals surface area contributed by atoms with Crippen molar-refractivity contribution in [2.45, 2.75) is 31.9 Å². The first-order chi connectivity index (χ1) is 11.9. The fourth-order valence-electron chi connectivity index (χ4n) is 3.06. The van der Waals surface area contributed by atoms with Gasteiger partial charge in [-0.15, -0.1) is 0 Å². The zero-order valence-corrected chi connectivity index (χ0v) is 13.5. The molecular formula is C19H20N4O. The summed E-state index contributed by atoms with van der Waals surface area (Å²) in [6, 6.07) is 10.3. The van der Waals surface area contributed by atoms with Gasteiger partial charge in [-0.2, -0.15) is 5.10 Å². The van der Waals surface area contributed by atoms with Crippen molar-refractivity contribution in [1.82, 2.24) is 19.7 Å². The van der Waals surface area contributed by atoms with Crippen molar-refractivity contribution in [3.63, 3.8) is 0 Å². The highest BCUT2D eigenvalue weighted by molar-refractivity contribution is 5.68. The molecule has 0 saturated carbocycles. The number of hydrogen-bond donors (Lipinski definition) is 0. The van der Waals surface area contributed by atoms with Gasteiger partial charge in [0.15, 0.2) is 0 Å². The molecule has 0 bridgehead atoms. The summed E-state index contributed by atoms with van der Waals surface area (Å²) in [6.07, 6.45) is 11.0. The van der Waals surface area contributed by atoms with E-state index in [0.29, 0.717) is 0 Å². The van der Waals surface area contributed by atoms with E-state index >= 15 is 0 Å². The lowest BCUT2D eigenvalue weighted by Crippen LogP contribution is -2.24. The Labute approximate surface area is 141 Å². The van der Waals surface area contributed by atoms with E-state index in [-0.39, 0.29) is 6.10 Å². The van der Waals surface area contributed by atoms with Crippen molar-refractivity contribution >= 4 is 0 Å². The predicted molar refractivity (Wildman–Crippen MR) is 92.3 cm³/mol. The fraction of sp³-hybridized carbons (Fsp3) is 0.316. The predicted octanol–water partition coefficient (Wildman–Crippen LogP) is 3.58. The van der Waals surface area contributed by atoms with E-state index < -0.39 is 0 Å². The van der Waals surface area contributed by atoms with Crippen LogP contribution in [-0.2, 0) is 11.3 Å². The Bertz CT molecular complexity index is 794. The molecule has 24 heavy (non-hydrogen) atoms. The zero-order valence-electron chi connectivity index (χ0n) is 13.5. The van der Waals surface area contributed by atoms with Crippen LogP contribution in [0.4, 0.5) is 0 Å². The summed E-state index contributed by atoms with van der Waals surface area (Å²) in [5, 5.41) is 4.71. The fourth-order valence-corrected chi connectivity index (χ4v) is 3.06. The molecule has 3 aromatic rings. The quantitative estimate of drug-likeness (QED) is 0.737. The van der Waals surface area contributed by atoms with E-state index in [9.17, 15) is 0 Å². The van der Waals surface area contributed by atoms with Crippen LogP contribution < -0.4 is 0 Å². The number of benzene rings is 1. The SMILES string of the molecule is c1cc(-c2cnccn2)cc(-c2ccn(C[C@@H]3CCCCO3)n2)c1. The number of aromatic nitrogens is 4. The highest BCUT2D eigenvalue weighted by Crippen LogP contribution is 2.24. The molecule has 1 aromatic carbocycles. The Hall–Kier alpha value is -2.53. The monoisotopic (exact) mass is 320 g/mol. The molecule has 3 heterocycles. The van der Waals surface area contributed by atoms with Crippen LogP contribution in [0.3, 0.4) is 0 Å². The molecule has 0 unspecified atom stereocenters. The third-order valence-corrected chi connectivity index (χ3v) is 4.32. The van der Waals surface area contributed by atoms with Crippen LogP contribution in [0.5, 0.6) is 0 Å². The first-order valence-corrected chi connectivity index (χ1v) is 8.40. The Balaban J connectivity index is 1.54. The zero-order chi connectivity index (χ0) is 16.2. The molecule has 5 nitrogen and oxygen atoms in total. The van der Waals surface area contributed by atoms with Crippen LogP contribution in [0.15, 0.2) is 55.1 Å². The van der Waals surface area contributed by atoms with Crippen molar-refractivity contribution in [3.05, 3.63) is 55.1 Å². The number of hydrogen-bond acceptors (Lipinski definition) is 4. The lowest BCUT2D eigenvalue weighted by atomic mass is 10.1. The Morgan fingerprint density at radius 3 is 2.79 bits per heavy atom. The van der Waals surface area contributed by atoms with Gasteiger partial charge in [0.1, 0.15) is 0 Å². The van der Waals surface area contributed by atoms with Gasteiger partial charge in [-0.1, -0.05) is 18.2 Å². The molecule has 0 amide bonds. The molecule has 0 spiro atoms. The standard InChI is InChI=1S/C19H20N4O/c1-2-11-24-17(6-1)14-23-10-7-18(22-23)15-4-3-5-16(12-15)19-13-20-8-9-21-19/h3-5,7-10,12-13,17H,1-2,6,11,14H2/t17-/m0/s1. The molecule has 2 aromatic heterocycles. The van der Waals surface area contributed by atoms with Crippen LogP contribution in [-0.4, -0.2) is 32.5 Å². The maximum atomic E-state index is 5.80. The van der Waals surface area contributed by atoms with Gasteiger partial charge >= 0.3 is 0 Å². The van der Waals surface area contributed by atoms with Crippen molar-refractivity contribution < 1.29 is 4.74 Å². The molecule has 0 aliphatic carbocycles. The minimum absolute atomic E-state index is 0.289. The summed E-state index contributed by atoms with van der Waals surface area (Å²) in [5.74, 6) is 0. The minimum atomic E-state index is 0.289. The van der Waals surface area contributed by atoms with Crippen molar-refractivity contribution in [2.24, 2.45) is 0 Å². The molecule has 122 valence electrons. The Morgan fingerprint density at radius 2 is 2.00 bits per heavy atom. The first-order valence-electron chi connectivity index (χ1n) is 8.40. The van der Waals surface area contributed by atoms with Gasteiger partial charge in [-0.3, -0.25) is 14.6 Å². The van der Waals surface area contributed by atoms with Gasteiger partial charge in [-0.05, 0) is 31.4 Å². The van der Waals surface area contributed by atoms with E-state index in [4.69, 9.17) is 9.84 Å². The average Bonchev–Trinajstić information content (AvgIpc) is 3.12. The van der Waals surface area contributed by atoms with Gasteiger partial charge in [0, 0.05) is 36.3 Å². The van der Waals surface area contributed by atoms with Gasteiger partial charge in [-0.25, -0.2) is 0 Å². The third kappa shape index (κ3) is 3.36. The van der Waals surface area contributed by atoms with E-state index in [1.807, 2.05) is 23.0 Å². The molecule has 1 aliphatic rings. The topological polar surface area (TPSA) is 52.8 Å². The normalized spacial score (nSPS) is 17.8. The molecule has 1 atom stereocenters. The lowest BCUT2D eigenvalue weighted by Gasteiger charge is -2.22. The Morgan fingerprint density at radius 1 is 1.08 bits per heavy atom. The van der Waals surface area contributed by atoms with Crippen molar-refractivity contribution in [1.29, 1.82) is 0 Å². The van der Waals surface area contributed by atoms with Crippen LogP contribution in [0, 0.1) is 0 Å². The van der Waals surface area contributed by atoms with Crippen molar-refractivity contribution in [2.75, 3.05) is 6.61 Å². The molecular weight excluding hydrogens is 300 g/mol. The number of rotatable bonds is 4. The first kappa shape index (κ1) is 15.0. The highest BCUT2D eigenvalue weighted by atomic mass is 16.5. The van der Waals surface area contributed by atoms with Gasteiger partial charge < -0.3 is 4.74 Å².